The van der Waals surface area contributed by atoms with Gasteiger partial charge in [-0.2, -0.15) is 0 Å². The van der Waals surface area contributed by atoms with Gasteiger partial charge < -0.3 is 9.47 Å². The Morgan fingerprint density at radius 2 is 2.50 bits per heavy atom. The third-order valence-corrected chi connectivity index (χ3v) is 1.56. The minimum atomic E-state index is -0.00926. The van der Waals surface area contributed by atoms with Crippen LogP contribution in [0.5, 0.6) is 0 Å². The monoisotopic (exact) mass is 180 g/mol. The Morgan fingerprint density at radius 1 is 1.75 bits per heavy atom. The van der Waals surface area contributed by atoms with Crippen molar-refractivity contribution in [3.63, 3.8) is 0 Å². The Kier molecular flexibility index (Phi) is 2.28. The summed E-state index contributed by atoms with van der Waals surface area (Å²) in [4.78, 5) is 0. The normalized spacial score (nSPS) is 38.2. The fraction of sp³-hybridized carbons (Fsp3) is 1.00. The topological polar surface area (TPSA) is 18.5 Å². The van der Waals surface area contributed by atoms with Crippen molar-refractivity contribution < 1.29 is 9.47 Å². The summed E-state index contributed by atoms with van der Waals surface area (Å²) in [5.41, 5.74) is 0. The average Bonchev–Trinajstić information content (AvgIpc) is 2.14. The van der Waals surface area contributed by atoms with Crippen LogP contribution >= 0.6 is 15.9 Å². The molecule has 0 spiro atoms. The van der Waals surface area contributed by atoms with Crippen LogP contribution in [-0.4, -0.2) is 24.3 Å². The van der Waals surface area contributed by atoms with E-state index in [-0.39, 0.29) is 12.4 Å². The van der Waals surface area contributed by atoms with Crippen LogP contribution < -0.4 is 0 Å². The minimum Gasteiger partial charge on any atom is -0.349 e. The van der Waals surface area contributed by atoms with Gasteiger partial charge in [-0.1, -0.05) is 15.9 Å². The van der Waals surface area contributed by atoms with Crippen LogP contribution in [0.1, 0.15) is 6.92 Å². The molecule has 2 nitrogen and oxygen atoms in total. The molecule has 0 aromatic carbocycles. The number of alkyl halides is 1. The molecule has 2 unspecified atom stereocenters. The molecule has 0 N–H and O–H groups in total. The van der Waals surface area contributed by atoms with Crippen molar-refractivity contribution in [1.29, 1.82) is 0 Å². The maximum atomic E-state index is 5.24. The van der Waals surface area contributed by atoms with E-state index in [1.165, 1.54) is 0 Å². The fourth-order valence-corrected chi connectivity index (χ4v) is 1.00. The molecular formula is C5H9BrO2. The molecular weight excluding hydrogens is 172 g/mol. The lowest BCUT2D eigenvalue weighted by molar-refractivity contribution is -0.0342. The van der Waals surface area contributed by atoms with Crippen molar-refractivity contribution in [2.24, 2.45) is 0 Å². The summed E-state index contributed by atoms with van der Waals surface area (Å²) in [6.07, 6.45) is 0.266. The van der Waals surface area contributed by atoms with E-state index in [4.69, 9.17) is 9.47 Å². The van der Waals surface area contributed by atoms with Gasteiger partial charge in [0.2, 0.25) is 0 Å². The van der Waals surface area contributed by atoms with Gasteiger partial charge in [0, 0.05) is 0 Å². The van der Waals surface area contributed by atoms with Crippen LogP contribution in [0.2, 0.25) is 0 Å². The summed E-state index contributed by atoms with van der Waals surface area (Å²) in [6.45, 7) is 2.74. The molecule has 48 valence electrons. The first-order chi connectivity index (χ1) is 3.83. The van der Waals surface area contributed by atoms with E-state index in [2.05, 4.69) is 15.9 Å². The minimum absolute atomic E-state index is 0.00926. The molecule has 0 aromatic rings. The molecule has 0 saturated carbocycles. The van der Waals surface area contributed by atoms with Crippen LogP contribution in [0, 0.1) is 0 Å². The lowest BCUT2D eigenvalue weighted by Crippen LogP contribution is -2.09. The van der Waals surface area contributed by atoms with Gasteiger partial charge in [-0.05, 0) is 6.92 Å². The quantitative estimate of drug-likeness (QED) is 0.564. The van der Waals surface area contributed by atoms with E-state index in [9.17, 15) is 0 Å². The predicted molar refractivity (Wildman–Crippen MR) is 34.1 cm³/mol. The third-order valence-electron chi connectivity index (χ3n) is 1.03. The Labute approximate surface area is 57.3 Å². The average molecular weight is 181 g/mol. The number of halogens is 1. The maximum absolute atomic E-state index is 5.24. The molecule has 0 amide bonds. The molecule has 1 heterocycles. The lowest BCUT2D eigenvalue weighted by Gasteiger charge is -2.02. The Hall–Kier alpha value is 0.400. The van der Waals surface area contributed by atoms with Gasteiger partial charge in [-0.25, -0.2) is 0 Å². The van der Waals surface area contributed by atoms with E-state index in [1.54, 1.807) is 0 Å². The zero-order valence-electron chi connectivity index (χ0n) is 4.76. The zero-order chi connectivity index (χ0) is 5.98. The number of hydrogen-bond donors (Lipinski definition) is 0. The van der Waals surface area contributed by atoms with Gasteiger partial charge in [-0.3, -0.25) is 0 Å². The molecule has 1 fully saturated rings. The third kappa shape index (κ3) is 1.44. The Bertz CT molecular complexity index is 76.8. The van der Waals surface area contributed by atoms with E-state index in [0.29, 0.717) is 0 Å². The highest BCUT2D eigenvalue weighted by Crippen LogP contribution is 2.11. The highest BCUT2D eigenvalue weighted by molar-refractivity contribution is 9.09. The molecule has 0 bridgehead atoms. The van der Waals surface area contributed by atoms with Crippen molar-refractivity contribution in [3.05, 3.63) is 0 Å². The lowest BCUT2D eigenvalue weighted by atomic mass is 10.5. The van der Waals surface area contributed by atoms with Gasteiger partial charge in [0.15, 0.2) is 6.29 Å². The largest absolute Gasteiger partial charge is 0.349 e. The Balaban J connectivity index is 2.22. The van der Waals surface area contributed by atoms with Crippen LogP contribution in [-0.2, 0) is 9.47 Å². The maximum Gasteiger partial charge on any atom is 0.167 e. The second kappa shape index (κ2) is 2.80. The van der Waals surface area contributed by atoms with Crippen LogP contribution in [0.25, 0.3) is 0 Å². The Morgan fingerprint density at radius 3 is 2.75 bits per heavy atom. The molecule has 0 aliphatic carbocycles. The molecule has 1 saturated heterocycles. The predicted octanol–water partition coefficient (Wildman–Crippen LogP) is 1.14. The van der Waals surface area contributed by atoms with Crippen LogP contribution in [0.15, 0.2) is 0 Å². The van der Waals surface area contributed by atoms with Crippen molar-refractivity contribution >= 4 is 15.9 Å². The molecule has 3 heteroatoms. The van der Waals surface area contributed by atoms with Gasteiger partial charge in [-0.15, -0.1) is 0 Å². The molecule has 0 aromatic heterocycles. The molecule has 1 aliphatic rings. The second-order valence-electron chi connectivity index (χ2n) is 1.86. The van der Waals surface area contributed by atoms with E-state index in [1.807, 2.05) is 6.92 Å². The summed E-state index contributed by atoms with van der Waals surface area (Å²) in [6, 6.07) is 0. The summed E-state index contributed by atoms with van der Waals surface area (Å²) >= 11 is 3.25. The van der Waals surface area contributed by atoms with Crippen LogP contribution in [0.4, 0.5) is 0 Å². The molecule has 0 radical (unpaired) electrons. The standard InChI is InChI=1S/C5H9BrO2/c1-4-3-7-5(2-6)8-4/h4-5H,2-3H2,1H3. The van der Waals surface area contributed by atoms with Gasteiger partial charge >= 0.3 is 0 Å². The van der Waals surface area contributed by atoms with Crippen molar-refractivity contribution in [2.45, 2.75) is 19.3 Å². The second-order valence-corrected chi connectivity index (χ2v) is 2.51. The van der Waals surface area contributed by atoms with Crippen molar-refractivity contribution in [2.75, 3.05) is 11.9 Å². The highest BCUT2D eigenvalue weighted by Gasteiger charge is 2.20. The SMILES string of the molecule is CC1COC(CBr)O1. The van der Waals surface area contributed by atoms with Crippen LogP contribution in [0.3, 0.4) is 0 Å². The van der Waals surface area contributed by atoms with Gasteiger partial charge in [0.1, 0.15) is 0 Å². The van der Waals surface area contributed by atoms with Gasteiger partial charge in [0.05, 0.1) is 18.0 Å². The molecule has 2 atom stereocenters. The summed E-state index contributed by atoms with van der Waals surface area (Å²) < 4.78 is 10.4. The highest BCUT2D eigenvalue weighted by atomic mass is 79.9. The first kappa shape index (κ1) is 6.52. The first-order valence-electron chi connectivity index (χ1n) is 2.66. The van der Waals surface area contributed by atoms with E-state index >= 15 is 0 Å². The first-order valence-corrected chi connectivity index (χ1v) is 3.78. The summed E-state index contributed by atoms with van der Waals surface area (Å²) in [7, 11) is 0. The number of rotatable bonds is 1. The summed E-state index contributed by atoms with van der Waals surface area (Å²) in [5.74, 6) is 0. The van der Waals surface area contributed by atoms with Gasteiger partial charge in [0.25, 0.3) is 0 Å². The molecule has 1 aliphatic heterocycles. The zero-order valence-corrected chi connectivity index (χ0v) is 6.35. The van der Waals surface area contributed by atoms with E-state index < -0.39 is 0 Å². The van der Waals surface area contributed by atoms with Crippen molar-refractivity contribution in [3.8, 4) is 0 Å². The fourth-order valence-electron chi connectivity index (χ4n) is 0.661. The smallest absolute Gasteiger partial charge is 0.167 e. The molecule has 8 heavy (non-hydrogen) atoms. The number of ether oxygens (including phenoxy) is 2. The summed E-state index contributed by atoms with van der Waals surface area (Å²) in [5, 5.41) is 0.775. The number of hydrogen-bond acceptors (Lipinski definition) is 2. The van der Waals surface area contributed by atoms with E-state index in [0.717, 1.165) is 11.9 Å². The molecule has 1 rings (SSSR count). The van der Waals surface area contributed by atoms with Crippen molar-refractivity contribution in [1.82, 2.24) is 0 Å².